The summed E-state index contributed by atoms with van der Waals surface area (Å²) in [4.78, 5) is 11.5. The molecule has 1 aromatic rings. The molecule has 1 atom stereocenters. The minimum absolute atomic E-state index is 0.300. The first-order valence-corrected chi connectivity index (χ1v) is 5.67. The van der Waals surface area contributed by atoms with E-state index in [9.17, 15) is 4.79 Å². The molecule has 0 radical (unpaired) electrons. The van der Waals surface area contributed by atoms with Crippen LogP contribution in [0.4, 0.5) is 0 Å². The fraction of sp³-hybridized carbons (Fsp3) is 0.357. The van der Waals surface area contributed by atoms with Crippen molar-refractivity contribution in [3.05, 3.63) is 48.0 Å². The van der Waals surface area contributed by atoms with Crippen LogP contribution in [-0.2, 0) is 20.9 Å². The molecule has 0 heterocycles. The zero-order valence-corrected chi connectivity index (χ0v) is 10.3. The third-order valence-corrected chi connectivity index (χ3v) is 2.23. The van der Waals surface area contributed by atoms with Gasteiger partial charge in [0.1, 0.15) is 6.61 Å². The summed E-state index contributed by atoms with van der Waals surface area (Å²) in [5, 5.41) is 0. The molecular formula is C14H18O3. The molecule has 0 fully saturated rings. The van der Waals surface area contributed by atoms with E-state index in [1.54, 1.807) is 13.0 Å². The molecule has 3 heteroatoms. The SMILES string of the molecule is C/C=C/COC(=O)C(C)OCc1ccccc1. The van der Waals surface area contributed by atoms with E-state index in [1.807, 2.05) is 43.3 Å². The Kier molecular flexibility index (Phi) is 6.04. The highest BCUT2D eigenvalue weighted by Gasteiger charge is 2.14. The Morgan fingerprint density at radius 3 is 2.71 bits per heavy atom. The second-order valence-electron chi connectivity index (χ2n) is 3.64. The first-order valence-electron chi connectivity index (χ1n) is 5.67. The number of hydrogen-bond acceptors (Lipinski definition) is 3. The molecule has 0 amide bonds. The molecule has 1 unspecified atom stereocenters. The molecule has 0 N–H and O–H groups in total. The lowest BCUT2D eigenvalue weighted by Gasteiger charge is -2.11. The van der Waals surface area contributed by atoms with Gasteiger partial charge in [0.25, 0.3) is 0 Å². The minimum atomic E-state index is -0.541. The number of benzene rings is 1. The first kappa shape index (κ1) is 13.5. The number of ether oxygens (including phenoxy) is 2. The third-order valence-electron chi connectivity index (χ3n) is 2.23. The summed E-state index contributed by atoms with van der Waals surface area (Å²) in [6.07, 6.45) is 3.07. The molecular weight excluding hydrogens is 216 g/mol. The van der Waals surface area contributed by atoms with Crippen LogP contribution in [0, 0.1) is 0 Å². The Morgan fingerprint density at radius 2 is 2.06 bits per heavy atom. The Bertz CT molecular complexity index is 357. The summed E-state index contributed by atoms with van der Waals surface area (Å²) in [6, 6.07) is 9.73. The van der Waals surface area contributed by atoms with E-state index >= 15 is 0 Å². The molecule has 0 aliphatic heterocycles. The molecule has 0 bridgehead atoms. The van der Waals surface area contributed by atoms with Crippen molar-refractivity contribution in [2.24, 2.45) is 0 Å². The van der Waals surface area contributed by atoms with E-state index in [-0.39, 0.29) is 5.97 Å². The van der Waals surface area contributed by atoms with Crippen molar-refractivity contribution in [1.82, 2.24) is 0 Å². The quantitative estimate of drug-likeness (QED) is 0.561. The molecule has 17 heavy (non-hydrogen) atoms. The largest absolute Gasteiger partial charge is 0.460 e. The molecule has 92 valence electrons. The molecule has 0 aliphatic carbocycles. The van der Waals surface area contributed by atoms with Crippen LogP contribution in [-0.4, -0.2) is 18.7 Å². The Morgan fingerprint density at radius 1 is 1.35 bits per heavy atom. The van der Waals surface area contributed by atoms with Gasteiger partial charge in [-0.1, -0.05) is 42.5 Å². The van der Waals surface area contributed by atoms with E-state index in [1.165, 1.54) is 0 Å². The third kappa shape index (κ3) is 5.31. The number of rotatable bonds is 6. The number of carbonyl (C=O) groups is 1. The van der Waals surface area contributed by atoms with Crippen LogP contribution >= 0.6 is 0 Å². The number of carbonyl (C=O) groups excluding carboxylic acids is 1. The zero-order chi connectivity index (χ0) is 12.5. The van der Waals surface area contributed by atoms with Gasteiger partial charge in [-0.2, -0.15) is 0 Å². The summed E-state index contributed by atoms with van der Waals surface area (Å²) in [6.45, 7) is 4.29. The number of allylic oxidation sites excluding steroid dienone is 1. The van der Waals surface area contributed by atoms with Crippen molar-refractivity contribution >= 4 is 5.97 Å². The molecule has 0 saturated heterocycles. The number of hydrogen-bond donors (Lipinski definition) is 0. The van der Waals surface area contributed by atoms with Gasteiger partial charge in [0.2, 0.25) is 0 Å². The van der Waals surface area contributed by atoms with Crippen molar-refractivity contribution in [2.45, 2.75) is 26.6 Å². The van der Waals surface area contributed by atoms with Crippen LogP contribution < -0.4 is 0 Å². The van der Waals surface area contributed by atoms with E-state index in [0.717, 1.165) is 5.56 Å². The van der Waals surface area contributed by atoms with Crippen molar-refractivity contribution in [1.29, 1.82) is 0 Å². The Balaban J connectivity index is 2.29. The van der Waals surface area contributed by atoms with Crippen LogP contribution in [0.2, 0.25) is 0 Å². The maximum absolute atomic E-state index is 11.5. The summed E-state index contributed by atoms with van der Waals surface area (Å²) in [5.41, 5.74) is 1.04. The highest BCUT2D eigenvalue weighted by Crippen LogP contribution is 2.04. The van der Waals surface area contributed by atoms with Gasteiger partial charge in [-0.3, -0.25) is 0 Å². The maximum Gasteiger partial charge on any atom is 0.335 e. The molecule has 3 nitrogen and oxygen atoms in total. The van der Waals surface area contributed by atoms with E-state index in [0.29, 0.717) is 13.2 Å². The summed E-state index contributed by atoms with van der Waals surface area (Å²) < 4.78 is 10.4. The lowest BCUT2D eigenvalue weighted by Crippen LogP contribution is -2.23. The minimum Gasteiger partial charge on any atom is -0.460 e. The standard InChI is InChI=1S/C14H18O3/c1-3-4-10-16-14(15)12(2)17-11-13-8-6-5-7-9-13/h3-9,12H,10-11H2,1-2H3/b4-3+. The van der Waals surface area contributed by atoms with Gasteiger partial charge in [0, 0.05) is 0 Å². The van der Waals surface area contributed by atoms with Crippen molar-refractivity contribution in [2.75, 3.05) is 6.61 Å². The van der Waals surface area contributed by atoms with Crippen LogP contribution in [0.1, 0.15) is 19.4 Å². The van der Waals surface area contributed by atoms with Gasteiger partial charge < -0.3 is 9.47 Å². The molecule has 1 rings (SSSR count). The van der Waals surface area contributed by atoms with Gasteiger partial charge in [0.15, 0.2) is 6.10 Å². The van der Waals surface area contributed by atoms with E-state index in [4.69, 9.17) is 9.47 Å². The normalized spacial score (nSPS) is 12.6. The summed E-state index contributed by atoms with van der Waals surface area (Å²) in [7, 11) is 0. The average molecular weight is 234 g/mol. The summed E-state index contributed by atoms with van der Waals surface area (Å²) in [5.74, 6) is -0.334. The monoisotopic (exact) mass is 234 g/mol. The molecule has 0 spiro atoms. The van der Waals surface area contributed by atoms with Crippen molar-refractivity contribution < 1.29 is 14.3 Å². The highest BCUT2D eigenvalue weighted by molar-refractivity contribution is 5.74. The maximum atomic E-state index is 11.5. The zero-order valence-electron chi connectivity index (χ0n) is 10.3. The van der Waals surface area contributed by atoms with Crippen molar-refractivity contribution in [3.63, 3.8) is 0 Å². The van der Waals surface area contributed by atoms with Crippen LogP contribution in [0.15, 0.2) is 42.5 Å². The topological polar surface area (TPSA) is 35.5 Å². The predicted molar refractivity (Wildman–Crippen MR) is 66.5 cm³/mol. The van der Waals surface area contributed by atoms with E-state index in [2.05, 4.69) is 0 Å². The lowest BCUT2D eigenvalue weighted by molar-refractivity contribution is -0.155. The fourth-order valence-electron chi connectivity index (χ4n) is 1.21. The van der Waals surface area contributed by atoms with Gasteiger partial charge in [-0.05, 0) is 19.4 Å². The van der Waals surface area contributed by atoms with Crippen LogP contribution in [0.25, 0.3) is 0 Å². The molecule has 0 saturated carbocycles. The lowest BCUT2D eigenvalue weighted by atomic mass is 10.2. The number of esters is 1. The van der Waals surface area contributed by atoms with Gasteiger partial charge in [-0.15, -0.1) is 0 Å². The molecule has 0 aliphatic rings. The van der Waals surface area contributed by atoms with E-state index < -0.39 is 6.10 Å². The van der Waals surface area contributed by atoms with Gasteiger partial charge in [0.05, 0.1) is 6.61 Å². The Hall–Kier alpha value is -1.61. The second kappa shape index (κ2) is 7.63. The summed E-state index contributed by atoms with van der Waals surface area (Å²) >= 11 is 0. The average Bonchev–Trinajstić information content (AvgIpc) is 2.37. The van der Waals surface area contributed by atoms with Gasteiger partial charge in [-0.25, -0.2) is 4.79 Å². The highest BCUT2D eigenvalue weighted by atomic mass is 16.6. The van der Waals surface area contributed by atoms with Crippen molar-refractivity contribution in [3.8, 4) is 0 Å². The second-order valence-corrected chi connectivity index (χ2v) is 3.64. The van der Waals surface area contributed by atoms with Gasteiger partial charge >= 0.3 is 5.97 Å². The Labute approximate surface area is 102 Å². The predicted octanol–water partition coefficient (Wildman–Crippen LogP) is 2.71. The fourth-order valence-corrected chi connectivity index (χ4v) is 1.21. The first-order chi connectivity index (χ1) is 8.24. The smallest absolute Gasteiger partial charge is 0.335 e. The molecule has 0 aromatic heterocycles. The molecule has 1 aromatic carbocycles. The van der Waals surface area contributed by atoms with Crippen LogP contribution in [0.5, 0.6) is 0 Å². The van der Waals surface area contributed by atoms with Crippen LogP contribution in [0.3, 0.4) is 0 Å².